The van der Waals surface area contributed by atoms with Crippen LogP contribution in [-0.4, -0.2) is 9.55 Å². The summed E-state index contributed by atoms with van der Waals surface area (Å²) in [6, 6.07) is 0. The van der Waals surface area contributed by atoms with Crippen molar-refractivity contribution >= 4 is 0 Å². The molecule has 0 spiro atoms. The molecule has 2 heteroatoms. The smallest absolute Gasteiger partial charge is 0.111 e. The predicted octanol–water partition coefficient (Wildman–Crippen LogP) is 8.19. The number of aromatic nitrogens is 2. The second kappa shape index (κ2) is 15.3. The van der Waals surface area contributed by atoms with Gasteiger partial charge in [-0.3, -0.25) is 0 Å². The molecule has 0 N–H and O–H groups in total. The van der Waals surface area contributed by atoms with Crippen LogP contribution >= 0.6 is 0 Å². The first-order valence-electron chi connectivity index (χ1n) is 11.7. The Morgan fingerprint density at radius 1 is 0.769 bits per heavy atom. The lowest BCUT2D eigenvalue weighted by molar-refractivity contribution is 0.512. The van der Waals surface area contributed by atoms with E-state index in [2.05, 4.69) is 38.5 Å². The number of rotatable bonds is 17. The van der Waals surface area contributed by atoms with E-state index in [1.165, 1.54) is 102 Å². The predicted molar refractivity (Wildman–Crippen MR) is 116 cm³/mol. The summed E-state index contributed by atoms with van der Waals surface area (Å²) in [7, 11) is 0. The SMILES string of the molecule is CCCCCCCCCCCCCCCCC(C)c1nc(C)cn1CC. The maximum absolute atomic E-state index is 4.73. The van der Waals surface area contributed by atoms with Gasteiger partial charge in [-0.05, 0) is 20.3 Å². The van der Waals surface area contributed by atoms with E-state index in [0.717, 1.165) is 12.2 Å². The third-order valence-electron chi connectivity index (χ3n) is 5.70. The van der Waals surface area contributed by atoms with Crippen LogP contribution in [0.15, 0.2) is 6.20 Å². The zero-order chi connectivity index (χ0) is 19.0. The van der Waals surface area contributed by atoms with Crippen molar-refractivity contribution in [3.8, 4) is 0 Å². The number of hydrogen-bond acceptors (Lipinski definition) is 1. The van der Waals surface area contributed by atoms with Crippen LogP contribution in [0.3, 0.4) is 0 Å². The van der Waals surface area contributed by atoms with Gasteiger partial charge in [-0.15, -0.1) is 0 Å². The fourth-order valence-electron chi connectivity index (χ4n) is 3.99. The molecule has 0 bridgehead atoms. The fourth-order valence-corrected chi connectivity index (χ4v) is 3.99. The van der Waals surface area contributed by atoms with Crippen LogP contribution in [-0.2, 0) is 6.54 Å². The molecule has 0 aliphatic rings. The van der Waals surface area contributed by atoms with Gasteiger partial charge in [-0.25, -0.2) is 4.98 Å². The highest BCUT2D eigenvalue weighted by Gasteiger charge is 2.12. The van der Waals surface area contributed by atoms with Crippen molar-refractivity contribution in [2.75, 3.05) is 0 Å². The van der Waals surface area contributed by atoms with E-state index in [1.54, 1.807) is 0 Å². The summed E-state index contributed by atoms with van der Waals surface area (Å²) in [4.78, 5) is 4.73. The number of nitrogens with zero attached hydrogens (tertiary/aromatic N) is 2. The average molecular weight is 363 g/mol. The van der Waals surface area contributed by atoms with Crippen LogP contribution in [0.5, 0.6) is 0 Å². The van der Waals surface area contributed by atoms with E-state index in [4.69, 9.17) is 4.98 Å². The monoisotopic (exact) mass is 362 g/mol. The number of unbranched alkanes of at least 4 members (excludes halogenated alkanes) is 13. The molecule has 1 atom stereocenters. The van der Waals surface area contributed by atoms with Crippen molar-refractivity contribution in [3.05, 3.63) is 17.7 Å². The fraction of sp³-hybridized carbons (Fsp3) is 0.875. The topological polar surface area (TPSA) is 17.8 Å². The maximum Gasteiger partial charge on any atom is 0.111 e. The molecule has 0 aromatic carbocycles. The summed E-state index contributed by atoms with van der Waals surface area (Å²) in [5.74, 6) is 1.89. The Kier molecular flexibility index (Phi) is 13.7. The lowest BCUT2D eigenvalue weighted by Crippen LogP contribution is -2.05. The molecule has 1 aromatic heterocycles. The molecule has 0 aliphatic heterocycles. The second-order valence-electron chi connectivity index (χ2n) is 8.31. The van der Waals surface area contributed by atoms with Gasteiger partial charge in [0.1, 0.15) is 5.82 Å². The van der Waals surface area contributed by atoms with Gasteiger partial charge in [0.15, 0.2) is 0 Å². The zero-order valence-electron chi connectivity index (χ0n) is 18.4. The van der Waals surface area contributed by atoms with Crippen molar-refractivity contribution in [1.29, 1.82) is 0 Å². The Balaban J connectivity index is 1.90. The highest BCUT2D eigenvalue weighted by molar-refractivity contribution is 5.06. The lowest BCUT2D eigenvalue weighted by atomic mass is 10.0. The second-order valence-corrected chi connectivity index (χ2v) is 8.31. The summed E-state index contributed by atoms with van der Waals surface area (Å²) in [5.41, 5.74) is 1.16. The molecule has 0 radical (unpaired) electrons. The highest BCUT2D eigenvalue weighted by Crippen LogP contribution is 2.22. The van der Waals surface area contributed by atoms with E-state index in [0.29, 0.717) is 5.92 Å². The van der Waals surface area contributed by atoms with Crippen molar-refractivity contribution < 1.29 is 0 Å². The van der Waals surface area contributed by atoms with Crippen molar-refractivity contribution in [2.45, 2.75) is 136 Å². The van der Waals surface area contributed by atoms with Crippen LogP contribution in [0, 0.1) is 6.92 Å². The summed E-state index contributed by atoms with van der Waals surface area (Å²) in [5, 5.41) is 0. The molecule has 2 nitrogen and oxygen atoms in total. The molecule has 1 rings (SSSR count). The van der Waals surface area contributed by atoms with E-state index in [-0.39, 0.29) is 0 Å². The molecular weight excluding hydrogens is 316 g/mol. The summed E-state index contributed by atoms with van der Waals surface area (Å²) < 4.78 is 2.32. The average Bonchev–Trinajstić information content (AvgIpc) is 3.03. The van der Waals surface area contributed by atoms with Gasteiger partial charge in [0, 0.05) is 18.7 Å². The van der Waals surface area contributed by atoms with Crippen LogP contribution in [0.4, 0.5) is 0 Å². The Hall–Kier alpha value is -0.790. The molecule has 1 aromatic rings. The molecule has 26 heavy (non-hydrogen) atoms. The first-order valence-corrected chi connectivity index (χ1v) is 11.7. The molecular formula is C24H46N2. The maximum atomic E-state index is 4.73. The van der Waals surface area contributed by atoms with Crippen molar-refractivity contribution in [1.82, 2.24) is 9.55 Å². The third-order valence-corrected chi connectivity index (χ3v) is 5.70. The molecule has 0 fully saturated rings. The highest BCUT2D eigenvalue weighted by atomic mass is 15.1. The lowest BCUT2D eigenvalue weighted by Gasteiger charge is -2.12. The van der Waals surface area contributed by atoms with Crippen LogP contribution < -0.4 is 0 Å². The molecule has 0 aliphatic carbocycles. The van der Waals surface area contributed by atoms with E-state index < -0.39 is 0 Å². The third kappa shape index (κ3) is 10.4. The Morgan fingerprint density at radius 3 is 1.69 bits per heavy atom. The van der Waals surface area contributed by atoms with Crippen LogP contribution in [0.2, 0.25) is 0 Å². The van der Waals surface area contributed by atoms with Crippen molar-refractivity contribution in [2.24, 2.45) is 0 Å². The number of imidazole rings is 1. The molecule has 1 heterocycles. The molecule has 0 amide bonds. The van der Waals surface area contributed by atoms with E-state index in [1.807, 2.05) is 0 Å². The number of hydrogen-bond donors (Lipinski definition) is 0. The van der Waals surface area contributed by atoms with E-state index in [9.17, 15) is 0 Å². The minimum Gasteiger partial charge on any atom is -0.335 e. The Labute approximate surface area is 164 Å². The minimum atomic E-state index is 0.598. The van der Waals surface area contributed by atoms with Crippen molar-refractivity contribution in [3.63, 3.8) is 0 Å². The minimum absolute atomic E-state index is 0.598. The molecule has 0 saturated heterocycles. The summed E-state index contributed by atoms with van der Waals surface area (Å²) in [6.07, 6.45) is 23.6. The normalized spacial score (nSPS) is 12.6. The van der Waals surface area contributed by atoms with Gasteiger partial charge < -0.3 is 4.57 Å². The van der Waals surface area contributed by atoms with Gasteiger partial charge in [0.25, 0.3) is 0 Å². The standard InChI is InChI=1S/C24H46N2/c1-5-7-8-9-10-11-12-13-14-15-16-17-18-19-20-22(3)24-25-23(4)21-26(24)6-2/h21-22H,5-20H2,1-4H3. The van der Waals surface area contributed by atoms with Gasteiger partial charge in [0.05, 0.1) is 5.69 Å². The summed E-state index contributed by atoms with van der Waals surface area (Å²) >= 11 is 0. The van der Waals surface area contributed by atoms with Crippen LogP contribution in [0.25, 0.3) is 0 Å². The Bertz CT molecular complexity index is 435. The van der Waals surface area contributed by atoms with E-state index >= 15 is 0 Å². The van der Waals surface area contributed by atoms with Gasteiger partial charge in [-0.1, -0.05) is 104 Å². The zero-order valence-corrected chi connectivity index (χ0v) is 18.4. The van der Waals surface area contributed by atoms with Crippen LogP contribution in [0.1, 0.15) is 135 Å². The summed E-state index contributed by atoms with van der Waals surface area (Å²) in [6.45, 7) is 10.00. The largest absolute Gasteiger partial charge is 0.335 e. The van der Waals surface area contributed by atoms with Gasteiger partial charge in [0.2, 0.25) is 0 Å². The molecule has 152 valence electrons. The first kappa shape index (κ1) is 23.2. The molecule has 1 unspecified atom stereocenters. The Morgan fingerprint density at radius 2 is 1.23 bits per heavy atom. The molecule has 0 saturated carbocycles. The van der Waals surface area contributed by atoms with Gasteiger partial charge in [-0.2, -0.15) is 0 Å². The number of aryl methyl sites for hydroxylation is 2. The first-order chi connectivity index (χ1) is 12.7. The van der Waals surface area contributed by atoms with Gasteiger partial charge >= 0.3 is 0 Å². The quantitative estimate of drug-likeness (QED) is 0.255.